The van der Waals surface area contributed by atoms with Crippen molar-refractivity contribution in [2.75, 3.05) is 39.9 Å². The molecule has 0 amide bonds. The van der Waals surface area contributed by atoms with Crippen LogP contribution in [0, 0.1) is 0 Å². The minimum Gasteiger partial charge on any atom is -0.468 e. The van der Waals surface area contributed by atoms with Gasteiger partial charge in [0.2, 0.25) is 0 Å². The monoisotopic (exact) mass is 272 g/mol. The van der Waals surface area contributed by atoms with Crippen LogP contribution >= 0.6 is 0 Å². The second-order valence-corrected chi connectivity index (χ2v) is 5.68. The zero-order valence-electron chi connectivity index (χ0n) is 12.9. The minimum atomic E-state index is -0.190. The molecule has 1 atom stereocenters. The smallest absolute Gasteiger partial charge is 0.319 e. The van der Waals surface area contributed by atoms with Crippen molar-refractivity contribution in [1.29, 1.82) is 0 Å². The van der Waals surface area contributed by atoms with Gasteiger partial charge in [-0.1, -0.05) is 0 Å². The van der Waals surface area contributed by atoms with Crippen LogP contribution in [0.4, 0.5) is 0 Å². The SMILES string of the molecule is COC(=O)CN(CC1CN(C(C)C)CCO1)C(C)C. The van der Waals surface area contributed by atoms with Crippen LogP contribution in [0.25, 0.3) is 0 Å². The van der Waals surface area contributed by atoms with E-state index in [1.165, 1.54) is 7.11 Å². The molecule has 1 saturated heterocycles. The van der Waals surface area contributed by atoms with Gasteiger partial charge >= 0.3 is 5.97 Å². The molecule has 0 radical (unpaired) electrons. The van der Waals surface area contributed by atoms with Crippen LogP contribution in [-0.2, 0) is 14.3 Å². The summed E-state index contributed by atoms with van der Waals surface area (Å²) in [6, 6.07) is 0.844. The molecule has 0 aromatic carbocycles. The van der Waals surface area contributed by atoms with E-state index in [1.807, 2.05) is 0 Å². The molecule has 19 heavy (non-hydrogen) atoms. The molecule has 0 aromatic heterocycles. The summed E-state index contributed by atoms with van der Waals surface area (Å²) in [4.78, 5) is 16.0. The van der Waals surface area contributed by atoms with E-state index in [-0.39, 0.29) is 12.1 Å². The molecule has 0 aromatic rings. The summed E-state index contributed by atoms with van der Waals surface area (Å²) in [6.45, 7) is 12.4. The second kappa shape index (κ2) is 7.82. The molecule has 5 nitrogen and oxygen atoms in total. The standard InChI is InChI=1S/C14H28N2O3/c1-11(2)15-6-7-19-13(8-15)9-16(12(3)4)10-14(17)18-5/h11-13H,6-10H2,1-5H3. The lowest BCUT2D eigenvalue weighted by atomic mass is 10.2. The van der Waals surface area contributed by atoms with Crippen LogP contribution in [0.3, 0.4) is 0 Å². The number of nitrogens with zero attached hydrogens (tertiary/aromatic N) is 2. The van der Waals surface area contributed by atoms with E-state index in [0.717, 1.165) is 26.2 Å². The summed E-state index contributed by atoms with van der Waals surface area (Å²) in [5.74, 6) is -0.190. The summed E-state index contributed by atoms with van der Waals surface area (Å²) in [7, 11) is 1.43. The largest absolute Gasteiger partial charge is 0.468 e. The summed E-state index contributed by atoms with van der Waals surface area (Å²) >= 11 is 0. The highest BCUT2D eigenvalue weighted by molar-refractivity contribution is 5.71. The molecule has 112 valence electrons. The number of carbonyl (C=O) groups excluding carboxylic acids is 1. The summed E-state index contributed by atoms with van der Waals surface area (Å²) in [5, 5.41) is 0. The Morgan fingerprint density at radius 2 is 2.11 bits per heavy atom. The minimum absolute atomic E-state index is 0.170. The molecule has 0 N–H and O–H groups in total. The van der Waals surface area contributed by atoms with Crippen molar-refractivity contribution in [3.05, 3.63) is 0 Å². The molecule has 0 aliphatic carbocycles. The number of morpholine rings is 1. The molecule has 1 aliphatic heterocycles. The number of methoxy groups -OCH3 is 1. The lowest BCUT2D eigenvalue weighted by Crippen LogP contribution is -2.51. The van der Waals surface area contributed by atoms with Gasteiger partial charge in [0, 0.05) is 31.7 Å². The van der Waals surface area contributed by atoms with Crippen LogP contribution in [0.5, 0.6) is 0 Å². The molecular weight excluding hydrogens is 244 g/mol. The number of esters is 1. The second-order valence-electron chi connectivity index (χ2n) is 5.68. The predicted molar refractivity (Wildman–Crippen MR) is 75.2 cm³/mol. The van der Waals surface area contributed by atoms with E-state index in [1.54, 1.807) is 0 Å². The van der Waals surface area contributed by atoms with E-state index in [2.05, 4.69) is 37.5 Å². The Labute approximate surface area is 116 Å². The maximum Gasteiger partial charge on any atom is 0.319 e. The molecule has 5 heteroatoms. The Kier molecular flexibility index (Phi) is 6.75. The summed E-state index contributed by atoms with van der Waals surface area (Å²) in [6.07, 6.45) is 0.170. The fraction of sp³-hybridized carbons (Fsp3) is 0.929. The molecule has 1 heterocycles. The van der Waals surface area contributed by atoms with E-state index >= 15 is 0 Å². The van der Waals surface area contributed by atoms with Crippen LogP contribution in [0.15, 0.2) is 0 Å². The van der Waals surface area contributed by atoms with Crippen molar-refractivity contribution in [2.24, 2.45) is 0 Å². The quantitative estimate of drug-likeness (QED) is 0.674. The molecule has 1 aliphatic rings. The molecule has 1 rings (SSSR count). The van der Waals surface area contributed by atoms with Crippen molar-refractivity contribution in [3.63, 3.8) is 0 Å². The Bertz CT molecular complexity index is 282. The van der Waals surface area contributed by atoms with Crippen LogP contribution in [-0.4, -0.2) is 73.9 Å². The van der Waals surface area contributed by atoms with Crippen LogP contribution < -0.4 is 0 Å². The number of hydrogen-bond donors (Lipinski definition) is 0. The third-order valence-electron chi connectivity index (χ3n) is 3.63. The first-order valence-corrected chi connectivity index (χ1v) is 7.10. The van der Waals surface area contributed by atoms with E-state index in [9.17, 15) is 4.79 Å². The highest BCUT2D eigenvalue weighted by Crippen LogP contribution is 2.11. The predicted octanol–water partition coefficient (Wildman–Crippen LogP) is 0.979. The first-order chi connectivity index (χ1) is 8.93. The zero-order chi connectivity index (χ0) is 14.4. The zero-order valence-corrected chi connectivity index (χ0v) is 12.9. The van der Waals surface area contributed by atoms with Gasteiger partial charge in [0.15, 0.2) is 0 Å². The van der Waals surface area contributed by atoms with E-state index in [4.69, 9.17) is 9.47 Å². The molecule has 0 saturated carbocycles. The van der Waals surface area contributed by atoms with Crippen molar-refractivity contribution in [3.8, 4) is 0 Å². The average molecular weight is 272 g/mol. The Hall–Kier alpha value is -0.650. The normalized spacial score (nSPS) is 21.4. The topological polar surface area (TPSA) is 42.0 Å². The van der Waals surface area contributed by atoms with E-state index in [0.29, 0.717) is 18.6 Å². The van der Waals surface area contributed by atoms with Gasteiger partial charge in [-0.15, -0.1) is 0 Å². The van der Waals surface area contributed by atoms with Crippen LogP contribution in [0.2, 0.25) is 0 Å². The van der Waals surface area contributed by atoms with Gasteiger partial charge < -0.3 is 9.47 Å². The Balaban J connectivity index is 2.51. The maximum atomic E-state index is 11.4. The fourth-order valence-corrected chi connectivity index (χ4v) is 2.27. The third kappa shape index (κ3) is 5.47. The molecule has 1 unspecified atom stereocenters. The molecule has 0 bridgehead atoms. The Morgan fingerprint density at radius 3 is 2.63 bits per heavy atom. The fourth-order valence-electron chi connectivity index (χ4n) is 2.27. The molecule has 1 fully saturated rings. The summed E-state index contributed by atoms with van der Waals surface area (Å²) in [5.41, 5.74) is 0. The maximum absolute atomic E-state index is 11.4. The highest BCUT2D eigenvalue weighted by atomic mass is 16.5. The number of ether oxygens (including phenoxy) is 2. The first-order valence-electron chi connectivity index (χ1n) is 7.10. The lowest BCUT2D eigenvalue weighted by molar-refractivity contribution is -0.143. The van der Waals surface area contributed by atoms with Crippen molar-refractivity contribution < 1.29 is 14.3 Å². The summed E-state index contributed by atoms with van der Waals surface area (Å²) < 4.78 is 10.6. The first kappa shape index (κ1) is 16.4. The highest BCUT2D eigenvalue weighted by Gasteiger charge is 2.26. The van der Waals surface area contributed by atoms with Gasteiger partial charge in [-0.25, -0.2) is 0 Å². The lowest BCUT2D eigenvalue weighted by Gasteiger charge is -2.38. The molecular formula is C14H28N2O3. The Morgan fingerprint density at radius 1 is 1.42 bits per heavy atom. The number of rotatable bonds is 6. The van der Waals surface area contributed by atoms with Gasteiger partial charge in [0.1, 0.15) is 0 Å². The van der Waals surface area contributed by atoms with E-state index < -0.39 is 0 Å². The number of hydrogen-bond acceptors (Lipinski definition) is 5. The van der Waals surface area contributed by atoms with Gasteiger partial charge in [0.05, 0.1) is 26.4 Å². The van der Waals surface area contributed by atoms with Crippen LogP contribution in [0.1, 0.15) is 27.7 Å². The molecule has 0 spiro atoms. The van der Waals surface area contributed by atoms with Crippen molar-refractivity contribution in [1.82, 2.24) is 9.80 Å². The van der Waals surface area contributed by atoms with Crippen molar-refractivity contribution in [2.45, 2.75) is 45.9 Å². The average Bonchev–Trinajstić information content (AvgIpc) is 2.37. The van der Waals surface area contributed by atoms with Gasteiger partial charge in [-0.05, 0) is 27.7 Å². The number of carbonyl (C=O) groups is 1. The third-order valence-corrected chi connectivity index (χ3v) is 3.63. The van der Waals surface area contributed by atoms with Gasteiger partial charge in [0.25, 0.3) is 0 Å². The van der Waals surface area contributed by atoms with Gasteiger partial charge in [-0.3, -0.25) is 14.6 Å². The van der Waals surface area contributed by atoms with Crippen molar-refractivity contribution >= 4 is 5.97 Å². The van der Waals surface area contributed by atoms with Gasteiger partial charge in [-0.2, -0.15) is 0 Å².